The first-order valence-corrected chi connectivity index (χ1v) is 8.10. The summed E-state index contributed by atoms with van der Waals surface area (Å²) in [7, 11) is 0. The van der Waals surface area contributed by atoms with E-state index in [1.54, 1.807) is 24.3 Å². The average Bonchev–Trinajstić information content (AvgIpc) is 2.52. The van der Waals surface area contributed by atoms with Crippen molar-refractivity contribution >= 4 is 12.1 Å². The first kappa shape index (κ1) is 20.9. The van der Waals surface area contributed by atoms with Crippen molar-refractivity contribution in [3.8, 4) is 5.75 Å². The molecule has 0 saturated carbocycles. The first-order chi connectivity index (χ1) is 11.8. The van der Waals surface area contributed by atoms with Gasteiger partial charge in [-0.2, -0.15) is 0 Å². The fourth-order valence-corrected chi connectivity index (χ4v) is 1.98. The number of carbonyl (C=O) groups is 2. The Hall–Kier alpha value is -2.16. The van der Waals surface area contributed by atoms with Gasteiger partial charge in [0.25, 0.3) is 0 Å². The Labute approximate surface area is 148 Å². The molecule has 0 heterocycles. The number of para-hydroxylation sites is 1. The monoisotopic (exact) mass is 353 g/mol. The lowest BCUT2D eigenvalue weighted by atomic mass is 10.1. The van der Waals surface area contributed by atoms with Gasteiger partial charge in [0.15, 0.2) is 0 Å². The lowest BCUT2D eigenvalue weighted by Crippen LogP contribution is -2.46. The quantitative estimate of drug-likeness (QED) is 0.253. The molecule has 0 aliphatic heterocycles. The number of carbonyl (C=O) groups excluding carboxylic acids is 1. The number of benzene rings is 1. The maximum Gasteiger partial charge on any atom is 0.407 e. The van der Waals surface area contributed by atoms with Gasteiger partial charge in [-0.05, 0) is 32.9 Å². The summed E-state index contributed by atoms with van der Waals surface area (Å²) < 4.78 is 10.5. The highest BCUT2D eigenvalue weighted by atomic mass is 16.5. The highest BCUT2D eigenvalue weighted by molar-refractivity contribution is 5.74. The van der Waals surface area contributed by atoms with Crippen molar-refractivity contribution in [2.75, 3.05) is 32.8 Å². The third-order valence-corrected chi connectivity index (χ3v) is 3.20. The molecule has 8 heteroatoms. The number of hydrazine groups is 1. The minimum atomic E-state index is -0.965. The third kappa shape index (κ3) is 9.04. The van der Waals surface area contributed by atoms with Crippen LogP contribution in [0.1, 0.15) is 20.8 Å². The molecule has 1 amide bonds. The molecular formula is C17H27N3O5. The molecule has 3 N–H and O–H groups in total. The second-order valence-corrected chi connectivity index (χ2v) is 6.28. The van der Waals surface area contributed by atoms with E-state index in [-0.39, 0.29) is 6.54 Å². The van der Waals surface area contributed by atoms with Gasteiger partial charge < -0.3 is 19.5 Å². The average molecular weight is 353 g/mol. The van der Waals surface area contributed by atoms with Crippen molar-refractivity contribution in [3.05, 3.63) is 30.3 Å². The largest absolute Gasteiger partial charge is 0.465 e. The molecule has 8 nitrogen and oxygen atoms in total. The molecule has 0 aliphatic carbocycles. The van der Waals surface area contributed by atoms with Crippen LogP contribution in [0.15, 0.2) is 30.3 Å². The molecule has 25 heavy (non-hydrogen) atoms. The van der Waals surface area contributed by atoms with Gasteiger partial charge in [-0.1, -0.05) is 18.2 Å². The smallest absolute Gasteiger partial charge is 0.407 e. The predicted molar refractivity (Wildman–Crippen MR) is 93.4 cm³/mol. The summed E-state index contributed by atoms with van der Waals surface area (Å²) in [6.07, 6.45) is -0.965. The molecule has 0 aliphatic rings. The maximum atomic E-state index is 11.6. The van der Waals surface area contributed by atoms with Crippen molar-refractivity contribution < 1.29 is 24.2 Å². The van der Waals surface area contributed by atoms with Crippen LogP contribution in [0.4, 0.5) is 4.79 Å². The Morgan fingerprint density at radius 1 is 1.12 bits per heavy atom. The number of rotatable bonds is 10. The van der Waals surface area contributed by atoms with Crippen LogP contribution in [0, 0.1) is 0 Å². The standard InChI is InChI=1S/C17H27N3O5/c1-17(2,3)20(16(22)23)10-12-24-11-9-18-19-13-15(21)25-14-7-5-4-6-8-14/h4-8,18-19H,9-13H2,1-3H3,(H,22,23). The van der Waals surface area contributed by atoms with Crippen molar-refractivity contribution in [1.82, 2.24) is 15.8 Å². The Kier molecular flexibility index (Phi) is 8.90. The summed E-state index contributed by atoms with van der Waals surface area (Å²) in [5.41, 5.74) is 5.11. The number of hydrogen-bond acceptors (Lipinski definition) is 6. The molecule has 0 spiro atoms. The second-order valence-electron chi connectivity index (χ2n) is 6.28. The number of nitrogens with zero attached hydrogens (tertiary/aromatic N) is 1. The van der Waals surface area contributed by atoms with Crippen LogP contribution in [-0.4, -0.2) is 60.5 Å². The minimum absolute atomic E-state index is 0.0196. The number of amides is 1. The Balaban J connectivity index is 2.05. The van der Waals surface area contributed by atoms with E-state index in [9.17, 15) is 9.59 Å². The molecule has 0 aromatic heterocycles. The summed E-state index contributed by atoms with van der Waals surface area (Å²) in [5.74, 6) is 0.0985. The van der Waals surface area contributed by atoms with Crippen LogP contribution in [-0.2, 0) is 9.53 Å². The Morgan fingerprint density at radius 2 is 1.80 bits per heavy atom. The van der Waals surface area contributed by atoms with Crippen LogP contribution in [0.25, 0.3) is 0 Å². The van der Waals surface area contributed by atoms with Gasteiger partial charge in [-0.3, -0.25) is 10.2 Å². The first-order valence-electron chi connectivity index (χ1n) is 8.10. The Bertz CT molecular complexity index is 531. The van der Waals surface area contributed by atoms with E-state index < -0.39 is 17.6 Å². The molecule has 1 aromatic rings. The fourth-order valence-electron chi connectivity index (χ4n) is 1.98. The predicted octanol–water partition coefficient (Wildman–Crippen LogP) is 1.48. The van der Waals surface area contributed by atoms with Gasteiger partial charge in [0.05, 0.1) is 13.2 Å². The molecule has 0 atom stereocenters. The van der Waals surface area contributed by atoms with Crippen LogP contribution in [0.2, 0.25) is 0 Å². The minimum Gasteiger partial charge on any atom is -0.465 e. The van der Waals surface area contributed by atoms with Crippen molar-refractivity contribution in [2.45, 2.75) is 26.3 Å². The van der Waals surface area contributed by atoms with Gasteiger partial charge in [0.2, 0.25) is 0 Å². The van der Waals surface area contributed by atoms with E-state index in [0.29, 0.717) is 32.1 Å². The van der Waals surface area contributed by atoms with E-state index >= 15 is 0 Å². The number of esters is 1. The van der Waals surface area contributed by atoms with Gasteiger partial charge in [-0.15, -0.1) is 0 Å². The van der Waals surface area contributed by atoms with E-state index in [1.165, 1.54) is 4.90 Å². The highest BCUT2D eigenvalue weighted by Crippen LogP contribution is 2.12. The topological polar surface area (TPSA) is 100 Å². The molecule has 0 saturated heterocycles. The zero-order valence-corrected chi connectivity index (χ0v) is 14.9. The summed E-state index contributed by atoms with van der Waals surface area (Å²) in [6, 6.07) is 8.83. The lowest BCUT2D eigenvalue weighted by Gasteiger charge is -2.32. The van der Waals surface area contributed by atoms with Crippen LogP contribution < -0.4 is 15.6 Å². The number of ether oxygens (including phenoxy) is 2. The molecule has 0 radical (unpaired) electrons. The molecule has 0 fully saturated rings. The van der Waals surface area contributed by atoms with Gasteiger partial charge >= 0.3 is 12.1 Å². The van der Waals surface area contributed by atoms with Crippen LogP contribution in [0.3, 0.4) is 0 Å². The molecule has 140 valence electrons. The summed E-state index contributed by atoms with van der Waals surface area (Å²) >= 11 is 0. The summed E-state index contributed by atoms with van der Waals surface area (Å²) in [5, 5.41) is 9.14. The van der Waals surface area contributed by atoms with Crippen LogP contribution in [0.5, 0.6) is 5.75 Å². The molecule has 0 bridgehead atoms. The Morgan fingerprint density at radius 3 is 2.40 bits per heavy atom. The van der Waals surface area contributed by atoms with E-state index in [0.717, 1.165) is 0 Å². The number of hydrogen-bond donors (Lipinski definition) is 3. The van der Waals surface area contributed by atoms with Gasteiger partial charge in [-0.25, -0.2) is 10.2 Å². The van der Waals surface area contributed by atoms with E-state index in [4.69, 9.17) is 14.6 Å². The molecular weight excluding hydrogens is 326 g/mol. The fraction of sp³-hybridized carbons (Fsp3) is 0.529. The van der Waals surface area contributed by atoms with Crippen molar-refractivity contribution in [1.29, 1.82) is 0 Å². The van der Waals surface area contributed by atoms with E-state index in [1.807, 2.05) is 26.8 Å². The zero-order valence-electron chi connectivity index (χ0n) is 14.9. The van der Waals surface area contributed by atoms with Gasteiger partial charge in [0, 0.05) is 18.6 Å². The van der Waals surface area contributed by atoms with E-state index in [2.05, 4.69) is 10.9 Å². The van der Waals surface area contributed by atoms with Crippen molar-refractivity contribution in [3.63, 3.8) is 0 Å². The zero-order chi connectivity index (χ0) is 18.7. The molecule has 1 aromatic carbocycles. The van der Waals surface area contributed by atoms with Crippen molar-refractivity contribution in [2.24, 2.45) is 0 Å². The summed E-state index contributed by atoms with van der Waals surface area (Å²) in [6.45, 7) is 6.99. The van der Waals surface area contributed by atoms with Crippen LogP contribution >= 0.6 is 0 Å². The molecule has 1 rings (SSSR count). The highest BCUT2D eigenvalue weighted by Gasteiger charge is 2.25. The normalized spacial score (nSPS) is 11.2. The summed E-state index contributed by atoms with van der Waals surface area (Å²) in [4.78, 5) is 24.0. The second kappa shape index (κ2) is 10.7. The number of carboxylic acid groups (broad SMARTS) is 1. The number of nitrogens with one attached hydrogen (secondary N) is 2. The van der Waals surface area contributed by atoms with Gasteiger partial charge in [0.1, 0.15) is 12.3 Å². The maximum absolute atomic E-state index is 11.6. The SMILES string of the molecule is CC(C)(C)N(CCOCCNNCC(=O)Oc1ccccc1)C(=O)O. The molecule has 0 unspecified atom stereocenters. The third-order valence-electron chi connectivity index (χ3n) is 3.20. The lowest BCUT2D eigenvalue weighted by molar-refractivity contribution is -0.133.